The van der Waals surface area contributed by atoms with E-state index in [1.165, 1.54) is 42.1 Å². The quantitative estimate of drug-likeness (QED) is 0.0773. The molecule has 4 rings (SSSR count). The van der Waals surface area contributed by atoms with Crippen molar-refractivity contribution >= 4 is 52.6 Å². The number of carbonyl (C=O) groups is 3. The molecule has 0 aliphatic carbocycles. The van der Waals surface area contributed by atoms with E-state index in [2.05, 4.69) is 16.0 Å². The Balaban J connectivity index is 1.41. The minimum Gasteiger partial charge on any atom is -0.492 e. The van der Waals surface area contributed by atoms with Crippen molar-refractivity contribution in [3.05, 3.63) is 130 Å². The van der Waals surface area contributed by atoms with Crippen LogP contribution in [0.5, 0.6) is 5.75 Å². The number of hydrogen-bond acceptors (Lipinski definition) is 7. The Bertz CT molecular complexity index is 1620. The molecule has 0 aromatic heterocycles. The fourth-order valence-electron chi connectivity index (χ4n) is 3.82. The van der Waals surface area contributed by atoms with Crippen molar-refractivity contribution in [3.63, 3.8) is 0 Å². The van der Waals surface area contributed by atoms with Gasteiger partial charge in [0.25, 0.3) is 17.5 Å². The van der Waals surface area contributed by atoms with E-state index < -0.39 is 16.7 Å². The van der Waals surface area contributed by atoms with Crippen molar-refractivity contribution in [1.29, 1.82) is 0 Å². The van der Waals surface area contributed by atoms with Crippen molar-refractivity contribution in [2.24, 2.45) is 0 Å². The number of ether oxygens (including phenoxy) is 1. The van der Waals surface area contributed by atoms with Gasteiger partial charge in [0.05, 0.1) is 23.0 Å². The minimum atomic E-state index is -0.588. The lowest BCUT2D eigenvalue weighted by Crippen LogP contribution is -2.30. The van der Waals surface area contributed by atoms with E-state index >= 15 is 0 Å². The van der Waals surface area contributed by atoms with E-state index in [-0.39, 0.29) is 23.0 Å². The molecule has 0 aliphatic rings. The van der Waals surface area contributed by atoms with E-state index in [1.807, 2.05) is 19.1 Å². The molecule has 0 unspecified atom stereocenters. The topological polar surface area (TPSA) is 140 Å². The molecule has 0 radical (unpaired) electrons. The lowest BCUT2D eigenvalue weighted by atomic mass is 10.1. The van der Waals surface area contributed by atoms with Gasteiger partial charge in [-0.15, -0.1) is 11.8 Å². The highest BCUT2D eigenvalue weighted by atomic mass is 32.2. The number of nitro groups is 1. The van der Waals surface area contributed by atoms with Gasteiger partial charge in [-0.25, -0.2) is 0 Å². The molecule has 4 aromatic rings. The molecule has 4 aromatic carbocycles. The van der Waals surface area contributed by atoms with Crippen LogP contribution in [0.2, 0.25) is 0 Å². The zero-order valence-corrected chi connectivity index (χ0v) is 23.9. The number of carbonyl (C=O) groups excluding carboxylic acids is 3. The fraction of sp³-hybridized carbons (Fsp3) is 0.0938. The summed E-state index contributed by atoms with van der Waals surface area (Å²) in [5, 5.41) is 19.2. The Hall–Kier alpha value is -5.42. The Morgan fingerprint density at radius 2 is 1.53 bits per heavy atom. The van der Waals surface area contributed by atoms with Crippen LogP contribution < -0.4 is 20.7 Å². The molecule has 0 aliphatic heterocycles. The predicted molar refractivity (Wildman–Crippen MR) is 167 cm³/mol. The van der Waals surface area contributed by atoms with Crippen molar-refractivity contribution in [2.75, 3.05) is 23.0 Å². The van der Waals surface area contributed by atoms with Gasteiger partial charge in [-0.1, -0.05) is 30.3 Å². The Morgan fingerprint density at radius 1 is 0.860 bits per heavy atom. The first-order valence-electron chi connectivity index (χ1n) is 13.2. The molecule has 3 amide bonds. The molecule has 0 saturated heterocycles. The van der Waals surface area contributed by atoms with E-state index in [9.17, 15) is 24.5 Å². The zero-order valence-electron chi connectivity index (χ0n) is 23.1. The molecular weight excluding hydrogens is 568 g/mol. The average molecular weight is 597 g/mol. The maximum atomic E-state index is 13.2. The number of benzene rings is 4. The van der Waals surface area contributed by atoms with Gasteiger partial charge in [-0.2, -0.15) is 0 Å². The average Bonchev–Trinajstić information content (AvgIpc) is 3.02. The van der Waals surface area contributed by atoms with Gasteiger partial charge in [-0.3, -0.25) is 24.5 Å². The third-order valence-electron chi connectivity index (χ3n) is 5.89. The number of anilines is 2. The van der Waals surface area contributed by atoms with Crippen LogP contribution in [-0.2, 0) is 9.59 Å². The van der Waals surface area contributed by atoms with Gasteiger partial charge in [0.15, 0.2) is 0 Å². The van der Waals surface area contributed by atoms with Crippen LogP contribution in [0.15, 0.2) is 114 Å². The number of hydrogen-bond donors (Lipinski definition) is 3. The zero-order chi connectivity index (χ0) is 30.6. The van der Waals surface area contributed by atoms with E-state index in [0.717, 1.165) is 4.90 Å². The molecule has 0 saturated carbocycles. The molecule has 0 heterocycles. The van der Waals surface area contributed by atoms with Crippen molar-refractivity contribution in [2.45, 2.75) is 11.8 Å². The fourth-order valence-corrected chi connectivity index (χ4v) is 4.52. The predicted octanol–water partition coefficient (Wildman–Crippen LogP) is 6.13. The first-order chi connectivity index (χ1) is 20.8. The summed E-state index contributed by atoms with van der Waals surface area (Å²) >= 11 is 1.33. The Labute approximate surface area is 252 Å². The van der Waals surface area contributed by atoms with Gasteiger partial charge in [0.2, 0.25) is 5.91 Å². The molecule has 3 N–H and O–H groups in total. The highest BCUT2D eigenvalue weighted by Crippen LogP contribution is 2.25. The number of amides is 3. The summed E-state index contributed by atoms with van der Waals surface area (Å²) in [5.74, 6) is -0.497. The molecule has 218 valence electrons. The highest BCUT2D eigenvalue weighted by molar-refractivity contribution is 8.00. The SMILES string of the molecule is CCOc1ccccc1NC(=O)CSc1ccc(NC(=O)/C(=C/c2ccc([N+](=O)[O-])cc2)NC(=O)c2ccccc2)cc1. The second-order valence-electron chi connectivity index (χ2n) is 8.97. The van der Waals surface area contributed by atoms with Crippen molar-refractivity contribution in [1.82, 2.24) is 5.32 Å². The van der Waals surface area contributed by atoms with Gasteiger partial charge >= 0.3 is 0 Å². The minimum absolute atomic E-state index is 0.0508. The summed E-state index contributed by atoms with van der Waals surface area (Å²) in [7, 11) is 0. The molecule has 0 atom stereocenters. The van der Waals surface area contributed by atoms with Gasteiger partial charge in [0.1, 0.15) is 11.4 Å². The monoisotopic (exact) mass is 596 g/mol. The normalized spacial score (nSPS) is 10.9. The van der Waals surface area contributed by atoms with Crippen LogP contribution in [0.4, 0.5) is 17.1 Å². The Morgan fingerprint density at radius 3 is 2.21 bits per heavy atom. The van der Waals surface area contributed by atoms with E-state index in [0.29, 0.717) is 34.9 Å². The second-order valence-corrected chi connectivity index (χ2v) is 10.0. The van der Waals surface area contributed by atoms with Crippen LogP contribution >= 0.6 is 11.8 Å². The third kappa shape index (κ3) is 9.03. The van der Waals surface area contributed by atoms with Gasteiger partial charge in [0, 0.05) is 28.3 Å². The van der Waals surface area contributed by atoms with Crippen LogP contribution in [-0.4, -0.2) is 35.0 Å². The summed E-state index contributed by atoms with van der Waals surface area (Å²) in [6.45, 7) is 2.36. The second kappa shape index (κ2) is 15.0. The summed E-state index contributed by atoms with van der Waals surface area (Å²) in [6, 6.07) is 28.1. The maximum absolute atomic E-state index is 13.2. The first-order valence-corrected chi connectivity index (χ1v) is 14.2. The van der Waals surface area contributed by atoms with Crippen LogP contribution in [0.1, 0.15) is 22.8 Å². The number of rotatable bonds is 12. The molecule has 0 spiro atoms. The summed E-state index contributed by atoms with van der Waals surface area (Å²) in [6.07, 6.45) is 1.44. The van der Waals surface area contributed by atoms with Crippen molar-refractivity contribution in [3.8, 4) is 5.75 Å². The van der Waals surface area contributed by atoms with E-state index in [4.69, 9.17) is 4.74 Å². The number of nitrogens with zero attached hydrogens (tertiary/aromatic N) is 1. The number of nitrogens with one attached hydrogen (secondary N) is 3. The molecule has 11 heteroatoms. The molecule has 10 nitrogen and oxygen atoms in total. The smallest absolute Gasteiger partial charge is 0.272 e. The van der Waals surface area contributed by atoms with Crippen molar-refractivity contribution < 1.29 is 24.0 Å². The van der Waals surface area contributed by atoms with Gasteiger partial charge in [-0.05, 0) is 79.2 Å². The third-order valence-corrected chi connectivity index (χ3v) is 6.90. The van der Waals surface area contributed by atoms with Gasteiger partial charge < -0.3 is 20.7 Å². The Kier molecular flexibility index (Phi) is 10.6. The lowest BCUT2D eigenvalue weighted by molar-refractivity contribution is -0.384. The highest BCUT2D eigenvalue weighted by Gasteiger charge is 2.16. The number of para-hydroxylation sites is 2. The largest absolute Gasteiger partial charge is 0.492 e. The number of nitro benzene ring substituents is 1. The molecule has 43 heavy (non-hydrogen) atoms. The van der Waals surface area contributed by atoms with Crippen LogP contribution in [0, 0.1) is 10.1 Å². The van der Waals surface area contributed by atoms with Crippen LogP contribution in [0.25, 0.3) is 6.08 Å². The standard InChI is InChI=1S/C32H28N4O6S/c1-2-42-29-11-7-6-10-27(29)34-30(37)21-43-26-18-14-24(15-19-26)33-32(39)28(35-31(38)23-8-4-3-5-9-23)20-22-12-16-25(17-13-22)36(40)41/h3-20H,2,21H2,1H3,(H,33,39)(H,34,37)(H,35,38)/b28-20-. The number of thioether (sulfide) groups is 1. The summed E-state index contributed by atoms with van der Waals surface area (Å²) < 4.78 is 5.54. The molecule has 0 bridgehead atoms. The molecular formula is C32H28N4O6S. The number of non-ortho nitro benzene ring substituents is 1. The van der Waals surface area contributed by atoms with E-state index in [1.54, 1.807) is 66.7 Å². The molecule has 0 fully saturated rings. The lowest BCUT2D eigenvalue weighted by Gasteiger charge is -2.12. The van der Waals surface area contributed by atoms with Crippen LogP contribution in [0.3, 0.4) is 0 Å². The summed E-state index contributed by atoms with van der Waals surface area (Å²) in [5.41, 5.74) is 1.76. The first kappa shape index (κ1) is 30.5. The maximum Gasteiger partial charge on any atom is 0.272 e. The summed E-state index contributed by atoms with van der Waals surface area (Å²) in [4.78, 5) is 49.8.